The van der Waals surface area contributed by atoms with Crippen molar-refractivity contribution in [3.8, 4) is 0 Å². The van der Waals surface area contributed by atoms with Crippen molar-refractivity contribution < 1.29 is 4.52 Å². The van der Waals surface area contributed by atoms with Crippen LogP contribution in [0.5, 0.6) is 0 Å². The number of aliphatic imine (C=N–C) groups is 1. The van der Waals surface area contributed by atoms with Crippen LogP contribution in [0.3, 0.4) is 0 Å². The van der Waals surface area contributed by atoms with E-state index in [4.69, 9.17) is 9.52 Å². The lowest BCUT2D eigenvalue weighted by Gasteiger charge is -2.36. The van der Waals surface area contributed by atoms with Gasteiger partial charge in [0.15, 0.2) is 11.8 Å². The summed E-state index contributed by atoms with van der Waals surface area (Å²) in [6.07, 6.45) is 1.62. The Bertz CT molecular complexity index is 910. The molecule has 0 saturated carbocycles. The maximum absolute atomic E-state index is 4.94. The van der Waals surface area contributed by atoms with Crippen LogP contribution in [0.4, 0.5) is 0 Å². The third-order valence-corrected chi connectivity index (χ3v) is 5.98. The van der Waals surface area contributed by atoms with Gasteiger partial charge in [0.05, 0.1) is 12.2 Å². The van der Waals surface area contributed by atoms with E-state index >= 15 is 0 Å². The molecule has 0 aliphatic carbocycles. The standard InChI is InChI=1S/C19H26N8OS/c1-15-22-23-18(25(15)2)13-21-19(20-12-17-4-3-11-29-17)27-8-6-26(7-9-27)14-16-5-10-28-24-16/h3-5,10-11H,6-9,12-14H2,1-2H3,(H,20,21). The van der Waals surface area contributed by atoms with Crippen molar-refractivity contribution in [3.05, 3.63) is 52.1 Å². The SMILES string of the molecule is Cc1nnc(CN=C(NCc2cccs2)N2CCN(Cc3ccon3)CC2)n1C. The highest BCUT2D eigenvalue weighted by molar-refractivity contribution is 7.09. The molecule has 3 aromatic heterocycles. The van der Waals surface area contributed by atoms with Crippen LogP contribution in [0.15, 0.2) is 39.4 Å². The molecule has 0 amide bonds. The zero-order valence-corrected chi connectivity index (χ0v) is 17.6. The Morgan fingerprint density at radius 3 is 2.76 bits per heavy atom. The van der Waals surface area contributed by atoms with Gasteiger partial charge in [-0.15, -0.1) is 21.5 Å². The van der Waals surface area contributed by atoms with Gasteiger partial charge in [-0.2, -0.15) is 0 Å². The Labute approximate surface area is 174 Å². The van der Waals surface area contributed by atoms with E-state index in [2.05, 4.69) is 48.0 Å². The molecule has 0 radical (unpaired) electrons. The van der Waals surface area contributed by atoms with Crippen LogP contribution in [0.1, 0.15) is 22.2 Å². The van der Waals surface area contributed by atoms with Crippen LogP contribution >= 0.6 is 11.3 Å². The molecule has 10 heteroatoms. The molecule has 1 fully saturated rings. The largest absolute Gasteiger partial charge is 0.364 e. The van der Waals surface area contributed by atoms with E-state index in [1.807, 2.05) is 24.6 Å². The smallest absolute Gasteiger partial charge is 0.194 e. The molecule has 1 saturated heterocycles. The summed E-state index contributed by atoms with van der Waals surface area (Å²) >= 11 is 1.75. The number of rotatable bonds is 6. The first-order valence-corrected chi connectivity index (χ1v) is 10.6. The molecule has 1 aliphatic rings. The molecule has 154 valence electrons. The summed E-state index contributed by atoms with van der Waals surface area (Å²) in [4.78, 5) is 10.8. The van der Waals surface area contributed by atoms with Gasteiger partial charge in [-0.25, -0.2) is 4.99 Å². The molecule has 1 aliphatic heterocycles. The molecule has 0 bridgehead atoms. The maximum Gasteiger partial charge on any atom is 0.194 e. The second-order valence-corrected chi connectivity index (χ2v) is 8.08. The van der Waals surface area contributed by atoms with Crippen molar-refractivity contribution in [2.24, 2.45) is 12.0 Å². The molecule has 9 nitrogen and oxygen atoms in total. The monoisotopic (exact) mass is 414 g/mol. The molecule has 4 heterocycles. The molecule has 0 aromatic carbocycles. The molecule has 0 spiro atoms. The van der Waals surface area contributed by atoms with Crippen LogP contribution in [-0.2, 0) is 26.7 Å². The Balaban J connectivity index is 1.40. The fourth-order valence-corrected chi connectivity index (χ4v) is 3.89. The minimum atomic E-state index is 0.503. The summed E-state index contributed by atoms with van der Waals surface area (Å²) in [6.45, 7) is 7.77. The van der Waals surface area contributed by atoms with Gasteiger partial charge in [-0.1, -0.05) is 11.2 Å². The van der Waals surface area contributed by atoms with Gasteiger partial charge < -0.3 is 19.3 Å². The van der Waals surface area contributed by atoms with Crippen LogP contribution in [0.25, 0.3) is 0 Å². The normalized spacial score (nSPS) is 15.8. The van der Waals surface area contributed by atoms with Crippen LogP contribution in [-0.4, -0.2) is 61.9 Å². The third kappa shape index (κ3) is 5.01. The fraction of sp³-hybridized carbons (Fsp3) is 0.474. The lowest BCUT2D eigenvalue weighted by molar-refractivity contribution is 0.168. The average Bonchev–Trinajstić information content (AvgIpc) is 3.49. The van der Waals surface area contributed by atoms with Gasteiger partial charge in [0.2, 0.25) is 0 Å². The number of thiophene rings is 1. The summed E-state index contributed by atoms with van der Waals surface area (Å²) in [5, 5.41) is 18.0. The lowest BCUT2D eigenvalue weighted by Crippen LogP contribution is -2.52. The molecule has 3 aromatic rings. The molecular weight excluding hydrogens is 388 g/mol. The molecule has 1 N–H and O–H groups in total. The van der Waals surface area contributed by atoms with Crippen molar-refractivity contribution in [1.29, 1.82) is 0 Å². The summed E-state index contributed by atoms with van der Waals surface area (Å²) in [6, 6.07) is 6.13. The van der Waals surface area contributed by atoms with Crippen LogP contribution in [0, 0.1) is 6.92 Å². The number of aryl methyl sites for hydroxylation is 1. The summed E-state index contributed by atoms with van der Waals surface area (Å²) in [7, 11) is 1.97. The molecule has 0 unspecified atom stereocenters. The summed E-state index contributed by atoms with van der Waals surface area (Å²) in [5.74, 6) is 2.67. The van der Waals surface area contributed by atoms with Gasteiger partial charge >= 0.3 is 0 Å². The first kappa shape index (κ1) is 19.6. The highest BCUT2D eigenvalue weighted by Crippen LogP contribution is 2.11. The van der Waals surface area contributed by atoms with Gasteiger partial charge in [0.1, 0.15) is 18.6 Å². The van der Waals surface area contributed by atoms with Crippen molar-refractivity contribution in [1.82, 2.24) is 35.0 Å². The molecule has 29 heavy (non-hydrogen) atoms. The minimum Gasteiger partial charge on any atom is -0.364 e. The Hall–Kier alpha value is -2.72. The first-order valence-electron chi connectivity index (χ1n) is 9.71. The average molecular weight is 415 g/mol. The Kier molecular flexibility index (Phi) is 6.20. The van der Waals surface area contributed by atoms with E-state index < -0.39 is 0 Å². The van der Waals surface area contributed by atoms with E-state index in [1.165, 1.54) is 4.88 Å². The number of guanidine groups is 1. The van der Waals surface area contributed by atoms with Crippen LogP contribution < -0.4 is 5.32 Å². The number of hydrogen-bond donors (Lipinski definition) is 1. The van der Waals surface area contributed by atoms with Crippen molar-refractivity contribution in [2.45, 2.75) is 26.6 Å². The summed E-state index contributed by atoms with van der Waals surface area (Å²) in [5.41, 5.74) is 0.973. The van der Waals surface area contributed by atoms with Gasteiger partial charge in [-0.3, -0.25) is 4.90 Å². The zero-order chi connectivity index (χ0) is 20.1. The lowest BCUT2D eigenvalue weighted by atomic mass is 10.3. The number of nitrogens with zero attached hydrogens (tertiary/aromatic N) is 7. The van der Waals surface area contributed by atoms with E-state index in [1.54, 1.807) is 17.6 Å². The minimum absolute atomic E-state index is 0.503. The fourth-order valence-electron chi connectivity index (χ4n) is 3.25. The second-order valence-electron chi connectivity index (χ2n) is 7.05. The van der Waals surface area contributed by atoms with Crippen molar-refractivity contribution in [2.75, 3.05) is 26.2 Å². The van der Waals surface area contributed by atoms with E-state index in [9.17, 15) is 0 Å². The van der Waals surface area contributed by atoms with E-state index in [0.29, 0.717) is 6.54 Å². The van der Waals surface area contributed by atoms with Crippen LogP contribution in [0.2, 0.25) is 0 Å². The number of nitrogens with one attached hydrogen (secondary N) is 1. The van der Waals surface area contributed by atoms with Crippen molar-refractivity contribution >= 4 is 17.3 Å². The number of piperazine rings is 1. The zero-order valence-electron chi connectivity index (χ0n) is 16.8. The quantitative estimate of drug-likeness (QED) is 0.485. The summed E-state index contributed by atoms with van der Waals surface area (Å²) < 4.78 is 6.92. The molecular formula is C19H26N8OS. The van der Waals surface area contributed by atoms with E-state index in [0.717, 1.165) is 62.6 Å². The number of aromatic nitrogens is 4. The third-order valence-electron chi connectivity index (χ3n) is 5.10. The second kappa shape index (κ2) is 9.19. The van der Waals surface area contributed by atoms with Gasteiger partial charge in [0, 0.05) is 50.7 Å². The van der Waals surface area contributed by atoms with Gasteiger partial charge in [-0.05, 0) is 18.4 Å². The predicted octanol–water partition coefficient (Wildman–Crippen LogP) is 1.64. The maximum atomic E-state index is 4.94. The molecule has 0 atom stereocenters. The first-order chi connectivity index (χ1) is 14.2. The van der Waals surface area contributed by atoms with Gasteiger partial charge in [0.25, 0.3) is 0 Å². The molecule has 4 rings (SSSR count). The van der Waals surface area contributed by atoms with E-state index in [-0.39, 0.29) is 0 Å². The predicted molar refractivity (Wildman–Crippen MR) is 111 cm³/mol. The Morgan fingerprint density at radius 1 is 1.24 bits per heavy atom. The Morgan fingerprint density at radius 2 is 2.10 bits per heavy atom. The topological polar surface area (TPSA) is 87.6 Å². The van der Waals surface area contributed by atoms with Crippen molar-refractivity contribution in [3.63, 3.8) is 0 Å². The highest BCUT2D eigenvalue weighted by Gasteiger charge is 2.21. The highest BCUT2D eigenvalue weighted by atomic mass is 32.1. The number of hydrogen-bond acceptors (Lipinski definition) is 7.